The predicted molar refractivity (Wildman–Crippen MR) is 85.6 cm³/mol. The molecule has 0 aromatic heterocycles. The number of hydrogen-bond donors (Lipinski definition) is 0. The number of carbonyl (C=O) groups is 3. The van der Waals surface area contributed by atoms with E-state index in [1.807, 2.05) is 0 Å². The fourth-order valence-electron chi connectivity index (χ4n) is 2.58. The molecule has 8 nitrogen and oxygen atoms in total. The monoisotopic (exact) mass is 328 g/mol. The van der Waals surface area contributed by atoms with Crippen LogP contribution in [0.2, 0.25) is 0 Å². The third kappa shape index (κ3) is 7.94. The average molecular weight is 328 g/mol. The Hall–Kier alpha value is -1.67. The van der Waals surface area contributed by atoms with Crippen LogP contribution in [0.15, 0.2) is 0 Å². The molecule has 0 N–H and O–H groups in total. The summed E-state index contributed by atoms with van der Waals surface area (Å²) in [5, 5.41) is 0. The summed E-state index contributed by atoms with van der Waals surface area (Å²) in [4.78, 5) is 40.6. The van der Waals surface area contributed by atoms with Gasteiger partial charge in [-0.05, 0) is 12.8 Å². The van der Waals surface area contributed by atoms with Crippen molar-refractivity contribution >= 4 is 19.2 Å². The van der Waals surface area contributed by atoms with E-state index in [4.69, 9.17) is 4.74 Å². The summed E-state index contributed by atoms with van der Waals surface area (Å²) < 4.78 is 5.19. The summed E-state index contributed by atoms with van der Waals surface area (Å²) in [6.45, 7) is 5.56. The Labute approximate surface area is 137 Å². The summed E-state index contributed by atoms with van der Waals surface area (Å²) in [5.74, 6) is 0. The molecule has 0 radical (unpaired) electrons. The van der Waals surface area contributed by atoms with E-state index in [1.54, 1.807) is 21.8 Å². The molecule has 0 spiro atoms. The van der Waals surface area contributed by atoms with Gasteiger partial charge in [-0.25, -0.2) is 0 Å². The number of nitrogens with zero attached hydrogens (tertiary/aromatic N) is 4. The van der Waals surface area contributed by atoms with E-state index in [-0.39, 0.29) is 0 Å². The van der Waals surface area contributed by atoms with E-state index in [0.29, 0.717) is 46.0 Å². The minimum absolute atomic E-state index is 0.507. The van der Waals surface area contributed by atoms with Crippen molar-refractivity contribution in [3.63, 3.8) is 0 Å². The first-order chi connectivity index (χ1) is 11.2. The molecule has 0 aliphatic carbocycles. The lowest BCUT2D eigenvalue weighted by molar-refractivity contribution is -0.122. The van der Waals surface area contributed by atoms with Gasteiger partial charge in [0.05, 0.1) is 6.73 Å². The van der Waals surface area contributed by atoms with Gasteiger partial charge in [0.1, 0.15) is 0 Å². The van der Waals surface area contributed by atoms with Crippen LogP contribution in [0, 0.1) is 0 Å². The quantitative estimate of drug-likeness (QED) is 0.609. The number of methoxy groups -OCH3 is 1. The standard InChI is InChI=1S/C15H28N4O4/c1-23-15-19-7-3-6-17(13-21)9-8-16(12-20)4-2-5-18(14-22)10-11-19/h12-14H,2-11,15H2,1H3. The van der Waals surface area contributed by atoms with E-state index < -0.39 is 0 Å². The molecule has 1 aliphatic heterocycles. The molecule has 132 valence electrons. The van der Waals surface area contributed by atoms with Crippen molar-refractivity contribution in [3.8, 4) is 0 Å². The molecule has 8 heteroatoms. The first-order valence-corrected chi connectivity index (χ1v) is 8.02. The Balaban J connectivity index is 2.63. The van der Waals surface area contributed by atoms with Crippen LogP contribution in [-0.4, -0.2) is 105 Å². The third-order valence-corrected chi connectivity index (χ3v) is 3.95. The van der Waals surface area contributed by atoms with Gasteiger partial charge in [-0.15, -0.1) is 0 Å². The molecule has 23 heavy (non-hydrogen) atoms. The molecule has 0 atom stereocenters. The second-order valence-electron chi connectivity index (χ2n) is 5.67. The van der Waals surface area contributed by atoms with Crippen molar-refractivity contribution in [1.82, 2.24) is 19.6 Å². The topological polar surface area (TPSA) is 73.4 Å². The highest BCUT2D eigenvalue weighted by molar-refractivity contribution is 5.49. The largest absolute Gasteiger partial charge is 0.369 e. The molecule has 1 heterocycles. The van der Waals surface area contributed by atoms with E-state index in [0.717, 1.165) is 45.2 Å². The highest BCUT2D eigenvalue weighted by Gasteiger charge is 2.12. The fourth-order valence-corrected chi connectivity index (χ4v) is 2.58. The maximum atomic E-state index is 11.1. The molecule has 1 saturated heterocycles. The summed E-state index contributed by atoms with van der Waals surface area (Å²) in [6, 6.07) is 0. The van der Waals surface area contributed by atoms with Crippen molar-refractivity contribution in [2.24, 2.45) is 0 Å². The van der Waals surface area contributed by atoms with Crippen LogP contribution in [0.1, 0.15) is 12.8 Å². The van der Waals surface area contributed by atoms with Gasteiger partial charge in [0.15, 0.2) is 0 Å². The van der Waals surface area contributed by atoms with Crippen molar-refractivity contribution in [2.75, 3.05) is 66.2 Å². The van der Waals surface area contributed by atoms with Gasteiger partial charge in [-0.2, -0.15) is 0 Å². The van der Waals surface area contributed by atoms with E-state index in [1.165, 1.54) is 0 Å². The second kappa shape index (κ2) is 11.8. The van der Waals surface area contributed by atoms with Gasteiger partial charge in [0.25, 0.3) is 0 Å². The lowest BCUT2D eigenvalue weighted by Gasteiger charge is -2.28. The second-order valence-corrected chi connectivity index (χ2v) is 5.67. The Bertz CT molecular complexity index is 356. The summed E-state index contributed by atoms with van der Waals surface area (Å²) >= 11 is 0. The lowest BCUT2D eigenvalue weighted by atomic mass is 10.3. The molecule has 0 unspecified atom stereocenters. The summed E-state index contributed by atoms with van der Waals surface area (Å²) in [7, 11) is 1.65. The molecule has 1 aliphatic rings. The van der Waals surface area contributed by atoms with Gasteiger partial charge in [-0.1, -0.05) is 0 Å². The predicted octanol–water partition coefficient (Wildman–Crippen LogP) is -0.939. The zero-order valence-corrected chi connectivity index (χ0v) is 13.9. The van der Waals surface area contributed by atoms with Gasteiger partial charge in [0, 0.05) is 59.5 Å². The minimum Gasteiger partial charge on any atom is -0.369 e. The smallest absolute Gasteiger partial charge is 0.209 e. The Morgan fingerprint density at radius 3 is 1.57 bits per heavy atom. The average Bonchev–Trinajstić information content (AvgIpc) is 2.57. The number of ether oxygens (including phenoxy) is 1. The molecule has 0 aromatic carbocycles. The molecule has 1 fully saturated rings. The van der Waals surface area contributed by atoms with Gasteiger partial charge in [0.2, 0.25) is 19.2 Å². The highest BCUT2D eigenvalue weighted by atomic mass is 16.5. The van der Waals surface area contributed by atoms with Crippen LogP contribution < -0.4 is 0 Å². The van der Waals surface area contributed by atoms with Crippen molar-refractivity contribution < 1.29 is 19.1 Å². The van der Waals surface area contributed by atoms with Crippen LogP contribution >= 0.6 is 0 Å². The van der Waals surface area contributed by atoms with Gasteiger partial charge in [-0.3, -0.25) is 19.3 Å². The summed E-state index contributed by atoms with van der Waals surface area (Å²) in [5.41, 5.74) is 0. The first kappa shape index (κ1) is 19.4. The van der Waals surface area contributed by atoms with E-state index in [2.05, 4.69) is 4.90 Å². The van der Waals surface area contributed by atoms with Crippen molar-refractivity contribution in [1.29, 1.82) is 0 Å². The van der Waals surface area contributed by atoms with Crippen LogP contribution in [0.3, 0.4) is 0 Å². The number of rotatable bonds is 5. The molecule has 3 amide bonds. The number of carbonyl (C=O) groups excluding carboxylic acids is 3. The Morgan fingerprint density at radius 2 is 1.13 bits per heavy atom. The van der Waals surface area contributed by atoms with Crippen LogP contribution in [0.5, 0.6) is 0 Å². The van der Waals surface area contributed by atoms with Gasteiger partial charge >= 0.3 is 0 Å². The van der Waals surface area contributed by atoms with Crippen LogP contribution in [0.25, 0.3) is 0 Å². The lowest BCUT2D eigenvalue weighted by Crippen LogP contribution is -2.40. The molecule has 0 aromatic rings. The number of amides is 3. The van der Waals surface area contributed by atoms with Crippen molar-refractivity contribution in [3.05, 3.63) is 0 Å². The molecular weight excluding hydrogens is 300 g/mol. The number of hydrogen-bond acceptors (Lipinski definition) is 5. The SMILES string of the molecule is COCN1CCCN(C=O)CCN(C=O)CCCN(C=O)CC1. The third-order valence-electron chi connectivity index (χ3n) is 3.95. The van der Waals surface area contributed by atoms with Crippen LogP contribution in [-0.2, 0) is 19.1 Å². The highest BCUT2D eigenvalue weighted by Crippen LogP contribution is 2.00. The molecule has 1 rings (SSSR count). The van der Waals surface area contributed by atoms with E-state index in [9.17, 15) is 14.4 Å². The zero-order valence-electron chi connectivity index (χ0n) is 13.9. The molecule has 0 bridgehead atoms. The van der Waals surface area contributed by atoms with E-state index >= 15 is 0 Å². The normalized spacial score (nSPS) is 20.0. The molecule has 0 saturated carbocycles. The fraction of sp³-hybridized carbons (Fsp3) is 0.800. The Morgan fingerprint density at radius 1 is 0.696 bits per heavy atom. The Kier molecular flexibility index (Phi) is 9.97. The van der Waals surface area contributed by atoms with Crippen LogP contribution in [0.4, 0.5) is 0 Å². The summed E-state index contributed by atoms with van der Waals surface area (Å²) in [6.07, 6.45) is 4.05. The molecular formula is C15H28N4O4. The maximum Gasteiger partial charge on any atom is 0.209 e. The zero-order chi connectivity index (χ0) is 16.9. The minimum atomic E-state index is 0.507. The van der Waals surface area contributed by atoms with Crippen molar-refractivity contribution in [2.45, 2.75) is 12.8 Å². The van der Waals surface area contributed by atoms with Gasteiger partial charge < -0.3 is 19.4 Å². The first-order valence-electron chi connectivity index (χ1n) is 8.02. The maximum absolute atomic E-state index is 11.1.